The van der Waals surface area contributed by atoms with Crippen LogP contribution in [0.1, 0.15) is 38.5 Å². The molecule has 0 aromatic heterocycles. The molecule has 66 valence electrons. The van der Waals surface area contributed by atoms with E-state index in [2.05, 4.69) is 12.6 Å². The molecule has 0 spiro atoms. The fourth-order valence-corrected chi connectivity index (χ4v) is 1.47. The summed E-state index contributed by atoms with van der Waals surface area (Å²) >= 11 is 4.17. The molecule has 1 nitrogen and oxygen atoms in total. The molecule has 1 saturated heterocycles. The van der Waals surface area contributed by atoms with E-state index in [0.29, 0.717) is 6.10 Å². The van der Waals surface area contributed by atoms with Gasteiger partial charge in [-0.25, -0.2) is 0 Å². The van der Waals surface area contributed by atoms with Crippen LogP contribution in [0.3, 0.4) is 0 Å². The van der Waals surface area contributed by atoms with Gasteiger partial charge in [-0.3, -0.25) is 0 Å². The van der Waals surface area contributed by atoms with E-state index in [-0.39, 0.29) is 0 Å². The predicted octanol–water partition coefficient (Wildman–Crippen LogP) is 2.66. The number of ether oxygens (including phenoxy) is 1. The Hall–Kier alpha value is 0.310. The van der Waals surface area contributed by atoms with Crippen LogP contribution in [-0.2, 0) is 4.74 Å². The first-order valence-electron chi connectivity index (χ1n) is 4.66. The molecule has 0 aromatic rings. The third-order valence-corrected chi connectivity index (χ3v) is 2.40. The zero-order valence-electron chi connectivity index (χ0n) is 7.09. The van der Waals surface area contributed by atoms with Gasteiger partial charge in [0.25, 0.3) is 0 Å². The van der Waals surface area contributed by atoms with Crippen molar-refractivity contribution in [3.05, 3.63) is 0 Å². The summed E-state index contributed by atoms with van der Waals surface area (Å²) in [5.74, 6) is 1.05. The van der Waals surface area contributed by atoms with Gasteiger partial charge in [-0.05, 0) is 18.6 Å². The van der Waals surface area contributed by atoms with Crippen molar-refractivity contribution in [2.75, 3.05) is 12.4 Å². The van der Waals surface area contributed by atoms with E-state index in [1.807, 2.05) is 0 Å². The normalized spacial score (nSPS) is 22.1. The van der Waals surface area contributed by atoms with Gasteiger partial charge in [0, 0.05) is 0 Å². The van der Waals surface area contributed by atoms with Crippen molar-refractivity contribution in [2.45, 2.75) is 44.6 Å². The number of rotatable bonds is 7. The Morgan fingerprint density at radius 1 is 1.09 bits per heavy atom. The van der Waals surface area contributed by atoms with E-state index in [4.69, 9.17) is 4.74 Å². The van der Waals surface area contributed by atoms with Crippen LogP contribution in [0, 0.1) is 0 Å². The van der Waals surface area contributed by atoms with E-state index < -0.39 is 0 Å². The van der Waals surface area contributed by atoms with Crippen molar-refractivity contribution < 1.29 is 4.74 Å². The molecule has 1 heterocycles. The average Bonchev–Trinajstić information content (AvgIpc) is 2.80. The highest BCUT2D eigenvalue weighted by atomic mass is 32.1. The summed E-state index contributed by atoms with van der Waals surface area (Å²) < 4.78 is 5.12. The molecule has 0 bridgehead atoms. The molecule has 0 radical (unpaired) electrons. The molecule has 0 aromatic carbocycles. The fourth-order valence-electron chi connectivity index (χ4n) is 1.25. The van der Waals surface area contributed by atoms with Crippen LogP contribution in [0.5, 0.6) is 0 Å². The Morgan fingerprint density at radius 3 is 2.36 bits per heavy atom. The second-order valence-corrected chi connectivity index (χ2v) is 3.68. The average molecular weight is 174 g/mol. The maximum Gasteiger partial charge on any atom is 0.0810 e. The summed E-state index contributed by atoms with van der Waals surface area (Å²) in [6, 6.07) is 0. The third kappa shape index (κ3) is 5.57. The van der Waals surface area contributed by atoms with Gasteiger partial charge in [-0.15, -0.1) is 0 Å². The Bertz CT molecular complexity index is 91.6. The number of unbranched alkanes of at least 4 members (excludes halogenated alkanes) is 4. The molecule has 1 unspecified atom stereocenters. The van der Waals surface area contributed by atoms with Crippen LogP contribution in [-0.4, -0.2) is 18.5 Å². The molecule has 2 heteroatoms. The van der Waals surface area contributed by atoms with Gasteiger partial charge in [0.05, 0.1) is 12.7 Å². The molecule has 11 heavy (non-hydrogen) atoms. The third-order valence-electron chi connectivity index (χ3n) is 2.09. The molecule has 1 aliphatic rings. The molecule has 0 N–H and O–H groups in total. The van der Waals surface area contributed by atoms with Gasteiger partial charge in [0.15, 0.2) is 0 Å². The van der Waals surface area contributed by atoms with Crippen molar-refractivity contribution in [3.63, 3.8) is 0 Å². The first-order chi connectivity index (χ1) is 5.43. The molecule has 1 fully saturated rings. The molecule has 0 aliphatic carbocycles. The topological polar surface area (TPSA) is 12.5 Å². The van der Waals surface area contributed by atoms with Crippen LogP contribution in [0.25, 0.3) is 0 Å². The lowest BCUT2D eigenvalue weighted by Crippen LogP contribution is -1.85. The highest BCUT2D eigenvalue weighted by Crippen LogP contribution is 2.17. The highest BCUT2D eigenvalue weighted by Gasteiger charge is 2.20. The number of epoxide rings is 1. The number of hydrogen-bond donors (Lipinski definition) is 1. The molecule has 0 amide bonds. The lowest BCUT2D eigenvalue weighted by Gasteiger charge is -1.97. The monoisotopic (exact) mass is 174 g/mol. The molecular formula is C9H18OS. The minimum Gasteiger partial charge on any atom is -0.373 e. The maximum atomic E-state index is 5.12. The second kappa shape index (κ2) is 5.90. The van der Waals surface area contributed by atoms with Crippen molar-refractivity contribution in [2.24, 2.45) is 0 Å². The summed E-state index contributed by atoms with van der Waals surface area (Å²) in [7, 11) is 0. The van der Waals surface area contributed by atoms with Gasteiger partial charge in [0.2, 0.25) is 0 Å². The van der Waals surface area contributed by atoms with E-state index in [0.717, 1.165) is 12.4 Å². The summed E-state index contributed by atoms with van der Waals surface area (Å²) in [4.78, 5) is 0. The summed E-state index contributed by atoms with van der Waals surface area (Å²) in [6.45, 7) is 1.02. The molecule has 1 rings (SSSR count). The van der Waals surface area contributed by atoms with Gasteiger partial charge in [0.1, 0.15) is 0 Å². The summed E-state index contributed by atoms with van der Waals surface area (Å²) in [5.41, 5.74) is 0. The first-order valence-corrected chi connectivity index (χ1v) is 5.29. The van der Waals surface area contributed by atoms with E-state index in [9.17, 15) is 0 Å². The quantitative estimate of drug-likeness (QED) is 0.355. The van der Waals surface area contributed by atoms with Gasteiger partial charge >= 0.3 is 0 Å². The van der Waals surface area contributed by atoms with Gasteiger partial charge in [-0.1, -0.05) is 25.7 Å². The zero-order chi connectivity index (χ0) is 7.94. The van der Waals surface area contributed by atoms with Crippen molar-refractivity contribution in [3.8, 4) is 0 Å². The minimum atomic E-state index is 0.639. The van der Waals surface area contributed by atoms with Crippen LogP contribution >= 0.6 is 12.6 Å². The SMILES string of the molecule is SCCCCCCCC1CO1. The largest absolute Gasteiger partial charge is 0.373 e. The zero-order valence-corrected chi connectivity index (χ0v) is 7.98. The van der Waals surface area contributed by atoms with Crippen LogP contribution < -0.4 is 0 Å². The maximum absolute atomic E-state index is 5.12. The van der Waals surface area contributed by atoms with Gasteiger partial charge < -0.3 is 4.74 Å². The smallest absolute Gasteiger partial charge is 0.0810 e. The number of hydrogen-bond acceptors (Lipinski definition) is 2. The highest BCUT2D eigenvalue weighted by molar-refractivity contribution is 7.80. The molecule has 0 saturated carbocycles. The van der Waals surface area contributed by atoms with Crippen LogP contribution in [0.4, 0.5) is 0 Å². The van der Waals surface area contributed by atoms with Crippen molar-refractivity contribution in [1.29, 1.82) is 0 Å². The lowest BCUT2D eigenvalue weighted by molar-refractivity contribution is 0.388. The standard InChI is InChI=1S/C9H18OS/c11-7-5-3-1-2-4-6-9-8-10-9/h9,11H,1-8H2. The van der Waals surface area contributed by atoms with E-state index in [1.165, 1.54) is 38.5 Å². The molecular weight excluding hydrogens is 156 g/mol. The Balaban J connectivity index is 1.66. The van der Waals surface area contributed by atoms with Crippen molar-refractivity contribution >= 4 is 12.6 Å². The first kappa shape index (κ1) is 9.40. The van der Waals surface area contributed by atoms with Crippen molar-refractivity contribution in [1.82, 2.24) is 0 Å². The lowest BCUT2D eigenvalue weighted by atomic mass is 10.1. The fraction of sp³-hybridized carbons (Fsp3) is 1.00. The summed E-state index contributed by atoms with van der Waals surface area (Å²) in [6.07, 6.45) is 8.69. The number of thiol groups is 1. The Labute approximate surface area is 74.9 Å². The second-order valence-electron chi connectivity index (χ2n) is 3.24. The predicted molar refractivity (Wildman–Crippen MR) is 51.3 cm³/mol. The van der Waals surface area contributed by atoms with E-state index in [1.54, 1.807) is 0 Å². The van der Waals surface area contributed by atoms with Crippen LogP contribution in [0.15, 0.2) is 0 Å². The van der Waals surface area contributed by atoms with E-state index >= 15 is 0 Å². The molecule has 1 aliphatic heterocycles. The Kier molecular flexibility index (Phi) is 5.04. The van der Waals surface area contributed by atoms with Crippen LogP contribution in [0.2, 0.25) is 0 Å². The molecule has 1 atom stereocenters. The summed E-state index contributed by atoms with van der Waals surface area (Å²) in [5, 5.41) is 0. The minimum absolute atomic E-state index is 0.639. The Morgan fingerprint density at radius 2 is 1.73 bits per heavy atom. The van der Waals surface area contributed by atoms with Gasteiger partial charge in [-0.2, -0.15) is 12.6 Å².